The highest BCUT2D eigenvalue weighted by Gasteiger charge is 2.40. The topological polar surface area (TPSA) is 84.2 Å². The van der Waals surface area contributed by atoms with Crippen molar-refractivity contribution in [3.05, 3.63) is 30.3 Å². The molecule has 0 atom stereocenters. The molecule has 1 saturated carbocycles. The van der Waals surface area contributed by atoms with E-state index in [1.807, 2.05) is 6.07 Å². The number of imide groups is 1. The fourth-order valence-corrected chi connectivity index (χ4v) is 1.70. The van der Waals surface area contributed by atoms with Crippen LogP contribution >= 0.6 is 0 Å². The van der Waals surface area contributed by atoms with Gasteiger partial charge in [-0.3, -0.25) is 10.1 Å². The zero-order valence-corrected chi connectivity index (χ0v) is 9.40. The third kappa shape index (κ3) is 2.62. The number of hydrogen-bond acceptors (Lipinski definition) is 3. The van der Waals surface area contributed by atoms with Crippen LogP contribution in [0.15, 0.2) is 30.3 Å². The molecule has 1 aliphatic rings. The van der Waals surface area contributed by atoms with Gasteiger partial charge in [0, 0.05) is 5.69 Å². The first-order chi connectivity index (χ1) is 8.10. The second kappa shape index (κ2) is 4.55. The third-order valence-corrected chi connectivity index (χ3v) is 2.96. The zero-order valence-electron chi connectivity index (χ0n) is 9.40. The summed E-state index contributed by atoms with van der Waals surface area (Å²) in [6, 6.07) is 8.38. The van der Waals surface area contributed by atoms with E-state index in [-0.39, 0.29) is 0 Å². The maximum atomic E-state index is 11.7. The van der Waals surface area contributed by atoms with Gasteiger partial charge < -0.3 is 11.1 Å². The maximum absolute atomic E-state index is 11.7. The average molecular weight is 233 g/mol. The Morgan fingerprint density at radius 1 is 1.18 bits per heavy atom. The van der Waals surface area contributed by atoms with Crippen molar-refractivity contribution in [3.8, 4) is 0 Å². The molecular weight excluding hydrogens is 218 g/mol. The van der Waals surface area contributed by atoms with Crippen LogP contribution in [0.3, 0.4) is 0 Å². The van der Waals surface area contributed by atoms with Crippen LogP contribution in [0.2, 0.25) is 0 Å². The van der Waals surface area contributed by atoms with Crippen LogP contribution in [0.25, 0.3) is 0 Å². The number of carbonyl (C=O) groups is 2. The number of hydrogen-bond donors (Lipinski definition) is 3. The standard InChI is InChI=1S/C12H15N3O2/c13-12(7-4-8-12)10(16)15-11(17)14-9-5-2-1-3-6-9/h1-3,5-6H,4,7-8,13H2,(H2,14,15,16,17). The highest BCUT2D eigenvalue weighted by atomic mass is 16.2. The minimum atomic E-state index is -0.853. The number of rotatable bonds is 2. The van der Waals surface area contributed by atoms with Gasteiger partial charge in [0.2, 0.25) is 5.91 Å². The number of para-hydroxylation sites is 1. The lowest BCUT2D eigenvalue weighted by molar-refractivity contribution is -0.127. The lowest BCUT2D eigenvalue weighted by Gasteiger charge is -2.35. The molecule has 1 fully saturated rings. The van der Waals surface area contributed by atoms with Crippen molar-refractivity contribution in [1.82, 2.24) is 5.32 Å². The number of nitrogens with two attached hydrogens (primary N) is 1. The fourth-order valence-electron chi connectivity index (χ4n) is 1.70. The van der Waals surface area contributed by atoms with Gasteiger partial charge in [-0.05, 0) is 31.4 Å². The number of carbonyl (C=O) groups excluding carboxylic acids is 2. The van der Waals surface area contributed by atoms with Crippen molar-refractivity contribution < 1.29 is 9.59 Å². The fraction of sp³-hybridized carbons (Fsp3) is 0.333. The van der Waals surface area contributed by atoms with Gasteiger partial charge in [-0.1, -0.05) is 18.2 Å². The molecule has 0 heterocycles. The van der Waals surface area contributed by atoms with Crippen molar-refractivity contribution in [2.45, 2.75) is 24.8 Å². The summed E-state index contributed by atoms with van der Waals surface area (Å²) in [5.74, 6) is -0.405. The summed E-state index contributed by atoms with van der Waals surface area (Å²) in [6.07, 6.45) is 2.21. The maximum Gasteiger partial charge on any atom is 0.325 e. The predicted molar refractivity (Wildman–Crippen MR) is 64.4 cm³/mol. The van der Waals surface area contributed by atoms with Crippen molar-refractivity contribution in [2.24, 2.45) is 5.73 Å². The molecule has 0 aliphatic heterocycles. The molecule has 0 saturated heterocycles. The number of amides is 3. The van der Waals surface area contributed by atoms with E-state index < -0.39 is 17.5 Å². The van der Waals surface area contributed by atoms with Crippen molar-refractivity contribution in [2.75, 3.05) is 5.32 Å². The van der Waals surface area contributed by atoms with E-state index in [2.05, 4.69) is 10.6 Å². The highest BCUT2D eigenvalue weighted by Crippen LogP contribution is 2.28. The molecule has 2 rings (SSSR count). The lowest BCUT2D eigenvalue weighted by atomic mass is 9.77. The van der Waals surface area contributed by atoms with Crippen LogP contribution in [0.1, 0.15) is 19.3 Å². The van der Waals surface area contributed by atoms with E-state index in [0.29, 0.717) is 18.5 Å². The molecule has 4 N–H and O–H groups in total. The van der Waals surface area contributed by atoms with Crippen LogP contribution in [0, 0.1) is 0 Å². The lowest BCUT2D eigenvalue weighted by Crippen LogP contribution is -2.60. The first-order valence-electron chi connectivity index (χ1n) is 5.56. The Hall–Kier alpha value is -1.88. The summed E-state index contributed by atoms with van der Waals surface area (Å²) in [5, 5.41) is 4.82. The molecular formula is C12H15N3O2. The molecule has 0 bridgehead atoms. The Morgan fingerprint density at radius 3 is 2.35 bits per heavy atom. The van der Waals surface area contributed by atoms with Gasteiger partial charge in [0.05, 0.1) is 5.54 Å². The summed E-state index contributed by atoms with van der Waals surface area (Å²) in [4.78, 5) is 23.2. The smallest absolute Gasteiger partial charge is 0.317 e. The zero-order chi connectivity index (χ0) is 12.3. The van der Waals surface area contributed by atoms with Gasteiger partial charge in [-0.15, -0.1) is 0 Å². The van der Waals surface area contributed by atoms with Crippen LogP contribution < -0.4 is 16.4 Å². The second-order valence-corrected chi connectivity index (χ2v) is 4.28. The van der Waals surface area contributed by atoms with E-state index in [4.69, 9.17) is 5.73 Å². The van der Waals surface area contributed by atoms with E-state index in [1.165, 1.54) is 0 Å². The summed E-state index contributed by atoms with van der Waals surface area (Å²) in [7, 11) is 0. The van der Waals surface area contributed by atoms with Crippen molar-refractivity contribution in [1.29, 1.82) is 0 Å². The summed E-state index contributed by atoms with van der Waals surface area (Å²) in [5.41, 5.74) is 5.58. The molecule has 0 radical (unpaired) electrons. The van der Waals surface area contributed by atoms with Crippen molar-refractivity contribution in [3.63, 3.8) is 0 Å². The van der Waals surface area contributed by atoms with Crippen LogP contribution in [0.5, 0.6) is 0 Å². The Morgan fingerprint density at radius 2 is 1.82 bits per heavy atom. The third-order valence-electron chi connectivity index (χ3n) is 2.96. The number of anilines is 1. The van der Waals surface area contributed by atoms with Crippen molar-refractivity contribution >= 4 is 17.6 Å². The molecule has 0 unspecified atom stereocenters. The van der Waals surface area contributed by atoms with Gasteiger partial charge in [-0.2, -0.15) is 0 Å². The molecule has 5 nitrogen and oxygen atoms in total. The van der Waals surface area contributed by atoms with E-state index in [1.54, 1.807) is 24.3 Å². The van der Waals surface area contributed by atoms with Gasteiger partial charge >= 0.3 is 6.03 Å². The minimum absolute atomic E-state index is 0.405. The van der Waals surface area contributed by atoms with Crippen LogP contribution in [-0.2, 0) is 4.79 Å². The predicted octanol–water partition coefficient (Wildman–Crippen LogP) is 1.22. The first-order valence-corrected chi connectivity index (χ1v) is 5.56. The van der Waals surface area contributed by atoms with E-state index >= 15 is 0 Å². The van der Waals surface area contributed by atoms with Gasteiger partial charge in [0.15, 0.2) is 0 Å². The molecule has 17 heavy (non-hydrogen) atoms. The molecule has 0 aromatic heterocycles. The molecule has 5 heteroatoms. The normalized spacial score (nSPS) is 16.8. The minimum Gasteiger partial charge on any atom is -0.317 e. The van der Waals surface area contributed by atoms with Gasteiger partial charge in [0.1, 0.15) is 0 Å². The second-order valence-electron chi connectivity index (χ2n) is 4.28. The van der Waals surface area contributed by atoms with Gasteiger partial charge in [-0.25, -0.2) is 4.79 Å². The first kappa shape index (κ1) is 11.6. The Labute approximate surface area is 99.4 Å². The number of urea groups is 1. The van der Waals surface area contributed by atoms with Crippen LogP contribution in [0.4, 0.5) is 10.5 Å². The van der Waals surface area contributed by atoms with E-state index in [9.17, 15) is 9.59 Å². The largest absolute Gasteiger partial charge is 0.325 e. The summed E-state index contributed by atoms with van der Waals surface area (Å²) >= 11 is 0. The SMILES string of the molecule is NC1(C(=O)NC(=O)Nc2ccccc2)CCC1. The van der Waals surface area contributed by atoms with E-state index in [0.717, 1.165) is 6.42 Å². The number of nitrogens with one attached hydrogen (secondary N) is 2. The monoisotopic (exact) mass is 233 g/mol. The molecule has 3 amide bonds. The summed E-state index contributed by atoms with van der Waals surface area (Å²) in [6.45, 7) is 0. The highest BCUT2D eigenvalue weighted by molar-refractivity contribution is 6.04. The average Bonchev–Trinajstić information content (AvgIpc) is 2.27. The molecule has 90 valence electrons. The molecule has 1 aromatic carbocycles. The molecule has 1 aliphatic carbocycles. The molecule has 0 spiro atoms. The Balaban J connectivity index is 1.87. The van der Waals surface area contributed by atoms with Crippen LogP contribution in [-0.4, -0.2) is 17.5 Å². The number of benzene rings is 1. The molecule has 1 aromatic rings. The van der Waals surface area contributed by atoms with Gasteiger partial charge in [0.25, 0.3) is 0 Å². The summed E-state index contributed by atoms with van der Waals surface area (Å²) < 4.78 is 0. The Bertz CT molecular complexity index is 427. The Kier molecular flexibility index (Phi) is 3.10. The quantitative estimate of drug-likeness (QED) is 0.718.